The standard InChI is InChI=1S/C8H10B2N2O3/c1-3-5-6-7(11-4-2)15-10-9-12-8(13)14/h3-6,12H,1-2H2,(H,13,14)/b6-5-,11-7?. The highest BCUT2D eigenvalue weighted by Gasteiger charge is 2.01. The van der Waals surface area contributed by atoms with Crippen molar-refractivity contribution in [1.29, 1.82) is 0 Å². The van der Waals surface area contributed by atoms with Crippen LogP contribution in [0.4, 0.5) is 4.79 Å². The molecule has 0 rings (SSSR count). The molecule has 0 aromatic heterocycles. The number of rotatable bonds is 6. The van der Waals surface area contributed by atoms with E-state index in [4.69, 9.17) is 9.76 Å². The maximum Gasteiger partial charge on any atom is 0.391 e. The number of nitrogens with zero attached hydrogens (tertiary/aromatic N) is 1. The largest absolute Gasteiger partial charge is 0.558 e. The van der Waals surface area contributed by atoms with Gasteiger partial charge in [0.25, 0.3) is 7.31 Å². The Balaban J connectivity index is 3.92. The number of hydrogen-bond acceptors (Lipinski definition) is 3. The molecule has 0 fully saturated rings. The molecule has 5 nitrogen and oxygen atoms in total. The van der Waals surface area contributed by atoms with Gasteiger partial charge in [0.05, 0.1) is 0 Å². The molecule has 0 bridgehead atoms. The smallest absolute Gasteiger partial charge is 0.391 e. The molecule has 15 heavy (non-hydrogen) atoms. The minimum atomic E-state index is -1.17. The Bertz CT molecular complexity index is 290. The van der Waals surface area contributed by atoms with Crippen LogP contribution in [0, 0.1) is 0 Å². The van der Waals surface area contributed by atoms with Crippen LogP contribution < -0.4 is 5.23 Å². The quantitative estimate of drug-likeness (QED) is 0.220. The molecule has 2 N–H and O–H groups in total. The van der Waals surface area contributed by atoms with Gasteiger partial charge in [0.1, 0.15) is 0 Å². The topological polar surface area (TPSA) is 70.9 Å². The highest BCUT2D eigenvalue weighted by Crippen LogP contribution is 1.86. The Hall–Kier alpha value is -1.91. The van der Waals surface area contributed by atoms with Crippen molar-refractivity contribution in [3.05, 3.63) is 37.6 Å². The molecule has 0 unspecified atom stereocenters. The van der Waals surface area contributed by atoms with Crippen molar-refractivity contribution < 1.29 is 14.6 Å². The third kappa shape index (κ3) is 8.42. The number of carboxylic acid groups (broad SMARTS) is 1. The van der Waals surface area contributed by atoms with Gasteiger partial charge in [0.15, 0.2) is 5.90 Å². The van der Waals surface area contributed by atoms with Crippen LogP contribution in [0.1, 0.15) is 0 Å². The Morgan fingerprint density at radius 2 is 2.27 bits per heavy atom. The number of nitrogens with one attached hydrogen (secondary N) is 1. The molecule has 0 spiro atoms. The van der Waals surface area contributed by atoms with Crippen molar-refractivity contribution >= 4 is 26.7 Å². The second-order valence-corrected chi connectivity index (χ2v) is 2.11. The van der Waals surface area contributed by atoms with Crippen LogP contribution in [0.2, 0.25) is 0 Å². The molecule has 7 heteroatoms. The molecule has 0 aromatic rings. The number of hydrogen-bond donors (Lipinski definition) is 2. The second-order valence-electron chi connectivity index (χ2n) is 2.11. The van der Waals surface area contributed by atoms with Gasteiger partial charge in [0.2, 0.25) is 0 Å². The van der Waals surface area contributed by atoms with Crippen LogP contribution in [-0.4, -0.2) is 31.8 Å². The van der Waals surface area contributed by atoms with E-state index in [1.165, 1.54) is 6.20 Å². The minimum absolute atomic E-state index is 0.272. The third-order valence-electron chi connectivity index (χ3n) is 1.06. The Kier molecular flexibility index (Phi) is 7.57. The predicted molar refractivity (Wildman–Crippen MR) is 60.7 cm³/mol. The first-order chi connectivity index (χ1) is 7.20. The maximum atomic E-state index is 10.1. The van der Waals surface area contributed by atoms with E-state index < -0.39 is 6.09 Å². The lowest BCUT2D eigenvalue weighted by molar-refractivity contribution is 0.201. The fourth-order valence-electron chi connectivity index (χ4n) is 0.562. The summed E-state index contributed by atoms with van der Waals surface area (Å²) < 4.78 is 4.97. The van der Waals surface area contributed by atoms with Gasteiger partial charge >= 0.3 is 13.5 Å². The first-order valence-corrected chi connectivity index (χ1v) is 3.99. The van der Waals surface area contributed by atoms with E-state index in [0.717, 1.165) is 14.7 Å². The van der Waals surface area contributed by atoms with Gasteiger partial charge in [-0.2, -0.15) is 0 Å². The van der Waals surface area contributed by atoms with Crippen molar-refractivity contribution in [2.45, 2.75) is 0 Å². The summed E-state index contributed by atoms with van der Waals surface area (Å²) >= 11 is 0. The number of carbonyl (C=O) groups is 1. The molecule has 1 amide bonds. The van der Waals surface area contributed by atoms with Gasteiger partial charge in [-0.3, -0.25) is 0 Å². The van der Waals surface area contributed by atoms with Crippen LogP contribution >= 0.6 is 0 Å². The fraction of sp³-hybridized carbons (Fsp3) is 0. The Morgan fingerprint density at radius 1 is 1.53 bits per heavy atom. The van der Waals surface area contributed by atoms with E-state index >= 15 is 0 Å². The molecule has 0 aliphatic rings. The lowest BCUT2D eigenvalue weighted by Gasteiger charge is -2.02. The summed E-state index contributed by atoms with van der Waals surface area (Å²) in [6.45, 7) is 6.89. The van der Waals surface area contributed by atoms with Crippen LogP contribution in [0.25, 0.3) is 0 Å². The van der Waals surface area contributed by atoms with E-state index in [-0.39, 0.29) is 5.90 Å². The first kappa shape index (κ1) is 13.1. The molecule has 0 aromatic carbocycles. The lowest BCUT2D eigenvalue weighted by atomic mass is 9.60. The van der Waals surface area contributed by atoms with Gasteiger partial charge in [-0.25, -0.2) is 9.79 Å². The summed E-state index contributed by atoms with van der Waals surface area (Å²) in [5.74, 6) is 0.272. The van der Waals surface area contributed by atoms with Crippen molar-refractivity contribution in [1.82, 2.24) is 5.23 Å². The Morgan fingerprint density at radius 3 is 2.80 bits per heavy atom. The third-order valence-corrected chi connectivity index (χ3v) is 1.06. The van der Waals surface area contributed by atoms with E-state index in [0.29, 0.717) is 0 Å². The average molecular weight is 204 g/mol. The number of aliphatic imine (C=N–C) groups is 1. The molecular weight excluding hydrogens is 194 g/mol. The van der Waals surface area contributed by atoms with Gasteiger partial charge in [-0.15, -0.1) is 0 Å². The predicted octanol–water partition coefficient (Wildman–Crippen LogP) is 0.708. The SMILES string of the molecule is C=C/C=C\C(=NC=C)O[B][B]NC(=O)O. The number of amides is 1. The second kappa shape index (κ2) is 8.68. The van der Waals surface area contributed by atoms with E-state index in [9.17, 15) is 4.79 Å². The van der Waals surface area contributed by atoms with Crippen molar-refractivity contribution in [3.63, 3.8) is 0 Å². The summed E-state index contributed by atoms with van der Waals surface area (Å²) in [7, 11) is 2.28. The molecule has 0 saturated heterocycles. The molecule has 76 valence electrons. The van der Waals surface area contributed by atoms with Crippen molar-refractivity contribution in [3.8, 4) is 0 Å². The highest BCUT2D eigenvalue weighted by molar-refractivity contribution is 6.97. The highest BCUT2D eigenvalue weighted by atomic mass is 16.4. The zero-order chi connectivity index (χ0) is 11.5. The molecule has 0 atom stereocenters. The van der Waals surface area contributed by atoms with Crippen LogP contribution in [0.5, 0.6) is 0 Å². The van der Waals surface area contributed by atoms with E-state index in [2.05, 4.69) is 18.2 Å². The minimum Gasteiger partial charge on any atom is -0.558 e. The molecule has 0 aliphatic heterocycles. The zero-order valence-electron chi connectivity index (χ0n) is 8.09. The van der Waals surface area contributed by atoms with Gasteiger partial charge < -0.3 is 15.0 Å². The Labute approximate surface area is 89.8 Å². The van der Waals surface area contributed by atoms with Crippen molar-refractivity contribution in [2.24, 2.45) is 4.99 Å². The van der Waals surface area contributed by atoms with Gasteiger partial charge in [-0.05, 0) is 6.08 Å². The summed E-state index contributed by atoms with van der Waals surface area (Å²) in [4.78, 5) is 13.8. The average Bonchev–Trinajstić information content (AvgIpc) is 2.20. The van der Waals surface area contributed by atoms with E-state index in [1.807, 2.05) is 5.23 Å². The monoisotopic (exact) mass is 204 g/mol. The summed E-state index contributed by atoms with van der Waals surface area (Å²) in [6.07, 6.45) is 4.88. The maximum absolute atomic E-state index is 10.1. The lowest BCUT2D eigenvalue weighted by Crippen LogP contribution is -2.31. The zero-order valence-corrected chi connectivity index (χ0v) is 8.09. The molecular formula is C8H10B2N2O3. The summed E-state index contributed by atoms with van der Waals surface area (Å²) in [6, 6.07) is 0. The first-order valence-electron chi connectivity index (χ1n) is 3.99. The molecule has 0 heterocycles. The number of allylic oxidation sites excluding steroid dienone is 2. The molecule has 0 saturated carbocycles. The molecule has 2 radical (unpaired) electrons. The van der Waals surface area contributed by atoms with E-state index in [1.54, 1.807) is 18.2 Å². The summed E-state index contributed by atoms with van der Waals surface area (Å²) in [5, 5.41) is 10.2. The van der Waals surface area contributed by atoms with Crippen LogP contribution in [0.15, 0.2) is 42.6 Å². The normalized spacial score (nSPS) is 10.5. The van der Waals surface area contributed by atoms with Crippen LogP contribution in [-0.2, 0) is 4.65 Å². The van der Waals surface area contributed by atoms with Crippen LogP contribution in [0.3, 0.4) is 0 Å². The summed E-state index contributed by atoms with van der Waals surface area (Å²) in [5.41, 5.74) is 0. The van der Waals surface area contributed by atoms with Crippen molar-refractivity contribution in [2.75, 3.05) is 0 Å². The van der Waals surface area contributed by atoms with Gasteiger partial charge in [-0.1, -0.05) is 25.3 Å². The molecule has 0 aliphatic carbocycles. The van der Waals surface area contributed by atoms with Gasteiger partial charge in [0, 0.05) is 6.20 Å². The fourth-order valence-corrected chi connectivity index (χ4v) is 0.562.